The van der Waals surface area contributed by atoms with Gasteiger partial charge in [0.1, 0.15) is 6.10 Å². The topological polar surface area (TPSA) is 154 Å². The highest BCUT2D eigenvalue weighted by molar-refractivity contribution is 7.46. The first-order valence-electron chi connectivity index (χ1n) is 4.16. The van der Waals surface area contributed by atoms with E-state index in [1.807, 2.05) is 0 Å². The van der Waals surface area contributed by atoms with Crippen LogP contribution in [0.1, 0.15) is 6.42 Å². The summed E-state index contributed by atoms with van der Waals surface area (Å²) < 4.78 is 18.9. The third kappa shape index (κ3) is 3.22. The van der Waals surface area contributed by atoms with Gasteiger partial charge in [-0.2, -0.15) is 0 Å². The Morgan fingerprint density at radius 1 is 1.56 bits per heavy atom. The van der Waals surface area contributed by atoms with Crippen molar-refractivity contribution in [1.29, 1.82) is 0 Å². The number of aliphatic hydroxyl groups is 2. The molecule has 1 unspecified atom stereocenters. The first-order valence-corrected chi connectivity index (χ1v) is 5.69. The molecular weight excluding hydrogens is 247 g/mol. The Labute approximate surface area is 89.5 Å². The average molecular weight is 258 g/mol. The minimum Gasteiger partial charge on any atom is -0.477 e. The maximum absolute atomic E-state index is 10.5. The maximum Gasteiger partial charge on any atom is 0.469 e. The van der Waals surface area contributed by atoms with E-state index in [0.29, 0.717) is 0 Å². The highest BCUT2D eigenvalue weighted by Crippen LogP contribution is 2.38. The molecule has 0 aliphatic carbocycles. The van der Waals surface area contributed by atoms with Crippen molar-refractivity contribution >= 4 is 13.8 Å². The number of rotatable bonds is 4. The van der Waals surface area contributed by atoms with Crippen LogP contribution in [-0.4, -0.2) is 55.7 Å². The Hall–Kier alpha value is -0.540. The van der Waals surface area contributed by atoms with Gasteiger partial charge >= 0.3 is 13.8 Å². The summed E-state index contributed by atoms with van der Waals surface area (Å²) in [6, 6.07) is 0. The van der Waals surface area contributed by atoms with Crippen molar-refractivity contribution in [1.82, 2.24) is 0 Å². The van der Waals surface area contributed by atoms with Crippen LogP contribution >= 0.6 is 7.82 Å². The first kappa shape index (κ1) is 13.5. The molecule has 94 valence electrons. The predicted octanol–water partition coefficient (Wildman–Crippen LogP) is -1.98. The standard InChI is InChI=1S/C6H11O9P/c7-3-1-6(10,5(8)9)15-4(3)2-14-16(11,12)13/h3-4,7,10H,1-2H2,(H,8,9)(H2,11,12,13)/t3-,4+,6?/m0/s1. The van der Waals surface area contributed by atoms with Crippen molar-refractivity contribution in [3.05, 3.63) is 0 Å². The van der Waals surface area contributed by atoms with Gasteiger partial charge in [-0.25, -0.2) is 9.36 Å². The predicted molar refractivity (Wildman–Crippen MR) is 46.1 cm³/mol. The summed E-state index contributed by atoms with van der Waals surface area (Å²) in [5.41, 5.74) is 0. The van der Waals surface area contributed by atoms with E-state index >= 15 is 0 Å². The molecule has 1 aliphatic rings. The van der Waals surface area contributed by atoms with Crippen LogP contribution in [0.25, 0.3) is 0 Å². The SMILES string of the molecule is O=C(O)C1(O)C[C@H](O)[C@@H](COP(=O)(O)O)O1. The van der Waals surface area contributed by atoms with Crippen molar-refractivity contribution in [3.8, 4) is 0 Å². The molecule has 1 rings (SSSR count). The maximum atomic E-state index is 10.5. The second-order valence-corrected chi connectivity index (χ2v) is 4.54. The van der Waals surface area contributed by atoms with E-state index in [-0.39, 0.29) is 0 Å². The number of carboxylic acids is 1. The van der Waals surface area contributed by atoms with E-state index in [1.54, 1.807) is 0 Å². The number of hydrogen-bond donors (Lipinski definition) is 5. The molecule has 0 spiro atoms. The number of phosphoric acid groups is 1. The van der Waals surface area contributed by atoms with Crippen molar-refractivity contribution in [3.63, 3.8) is 0 Å². The van der Waals surface area contributed by atoms with Crippen LogP contribution < -0.4 is 0 Å². The van der Waals surface area contributed by atoms with Gasteiger partial charge in [0.25, 0.3) is 5.79 Å². The van der Waals surface area contributed by atoms with Gasteiger partial charge in [-0.15, -0.1) is 0 Å². The average Bonchev–Trinajstić information content (AvgIpc) is 2.38. The van der Waals surface area contributed by atoms with Gasteiger partial charge in [0.05, 0.1) is 12.7 Å². The number of aliphatic hydroxyl groups excluding tert-OH is 1. The molecule has 9 nitrogen and oxygen atoms in total. The summed E-state index contributed by atoms with van der Waals surface area (Å²) in [4.78, 5) is 27.3. The second-order valence-electron chi connectivity index (χ2n) is 3.30. The third-order valence-electron chi connectivity index (χ3n) is 2.00. The lowest BCUT2D eigenvalue weighted by atomic mass is 10.1. The molecule has 0 saturated carbocycles. The Balaban J connectivity index is 2.59. The monoisotopic (exact) mass is 258 g/mol. The van der Waals surface area contributed by atoms with Crippen LogP contribution in [0.5, 0.6) is 0 Å². The lowest BCUT2D eigenvalue weighted by molar-refractivity contribution is -0.219. The summed E-state index contributed by atoms with van der Waals surface area (Å²) in [6.45, 7) is -0.721. The molecule has 1 heterocycles. The molecule has 0 aromatic carbocycles. The number of carboxylic acid groups (broad SMARTS) is 1. The molecule has 0 amide bonds. The van der Waals surface area contributed by atoms with Crippen LogP contribution in [0.4, 0.5) is 0 Å². The van der Waals surface area contributed by atoms with Crippen LogP contribution in [0.3, 0.4) is 0 Å². The molecule has 16 heavy (non-hydrogen) atoms. The van der Waals surface area contributed by atoms with Crippen LogP contribution in [-0.2, 0) is 18.6 Å². The summed E-state index contributed by atoms with van der Waals surface area (Å²) in [5.74, 6) is -4.24. The summed E-state index contributed by atoms with van der Waals surface area (Å²) in [6.07, 6.45) is -3.29. The summed E-state index contributed by atoms with van der Waals surface area (Å²) >= 11 is 0. The highest BCUT2D eigenvalue weighted by atomic mass is 31.2. The molecule has 0 aromatic rings. The van der Waals surface area contributed by atoms with Crippen LogP contribution in [0, 0.1) is 0 Å². The van der Waals surface area contributed by atoms with Gasteiger partial charge < -0.3 is 29.8 Å². The van der Waals surface area contributed by atoms with Gasteiger partial charge in [-0.05, 0) is 0 Å². The number of hydrogen-bond acceptors (Lipinski definition) is 6. The zero-order chi connectivity index (χ0) is 12.6. The Morgan fingerprint density at radius 2 is 2.12 bits per heavy atom. The minimum absolute atomic E-state index is 0.600. The van der Waals surface area contributed by atoms with Gasteiger partial charge in [-0.3, -0.25) is 4.52 Å². The Bertz CT molecular complexity index is 324. The molecule has 5 N–H and O–H groups in total. The smallest absolute Gasteiger partial charge is 0.469 e. The van der Waals surface area contributed by atoms with E-state index in [0.717, 1.165) is 0 Å². The van der Waals surface area contributed by atoms with E-state index in [2.05, 4.69) is 9.26 Å². The zero-order valence-electron chi connectivity index (χ0n) is 7.89. The van der Waals surface area contributed by atoms with Crippen LogP contribution in [0.15, 0.2) is 0 Å². The van der Waals surface area contributed by atoms with E-state index in [9.17, 15) is 19.6 Å². The molecule has 1 saturated heterocycles. The number of ether oxygens (including phenoxy) is 1. The molecule has 10 heteroatoms. The molecule has 0 radical (unpaired) electrons. The fourth-order valence-corrected chi connectivity index (χ4v) is 1.59. The lowest BCUT2D eigenvalue weighted by Crippen LogP contribution is -2.38. The normalized spacial score (nSPS) is 35.2. The van der Waals surface area contributed by atoms with Crippen molar-refractivity contribution in [2.45, 2.75) is 24.4 Å². The number of phosphoric ester groups is 1. The third-order valence-corrected chi connectivity index (χ3v) is 2.49. The van der Waals surface area contributed by atoms with Crippen LogP contribution in [0.2, 0.25) is 0 Å². The van der Waals surface area contributed by atoms with Gasteiger partial charge in [0.15, 0.2) is 0 Å². The lowest BCUT2D eigenvalue weighted by Gasteiger charge is -2.17. The van der Waals surface area contributed by atoms with Gasteiger partial charge in [0.2, 0.25) is 0 Å². The van der Waals surface area contributed by atoms with E-state index < -0.39 is 44.8 Å². The van der Waals surface area contributed by atoms with Crippen molar-refractivity contribution in [2.75, 3.05) is 6.61 Å². The zero-order valence-corrected chi connectivity index (χ0v) is 8.78. The van der Waals surface area contributed by atoms with Crippen molar-refractivity contribution < 1.29 is 43.7 Å². The van der Waals surface area contributed by atoms with Crippen molar-refractivity contribution in [2.24, 2.45) is 0 Å². The summed E-state index contributed by atoms with van der Waals surface area (Å²) in [5, 5.41) is 27.2. The fourth-order valence-electron chi connectivity index (χ4n) is 1.25. The molecule has 3 atom stereocenters. The number of aliphatic carboxylic acids is 1. The molecule has 1 fully saturated rings. The fraction of sp³-hybridized carbons (Fsp3) is 0.833. The van der Waals surface area contributed by atoms with Gasteiger partial charge in [0, 0.05) is 6.42 Å². The molecule has 1 aliphatic heterocycles. The van der Waals surface area contributed by atoms with Gasteiger partial charge in [-0.1, -0.05) is 0 Å². The minimum atomic E-state index is -4.73. The largest absolute Gasteiger partial charge is 0.477 e. The van der Waals surface area contributed by atoms with E-state index in [1.165, 1.54) is 0 Å². The summed E-state index contributed by atoms with van der Waals surface area (Å²) in [7, 11) is -4.73. The highest BCUT2D eigenvalue weighted by Gasteiger charge is 2.51. The Kier molecular flexibility index (Phi) is 3.70. The quantitative estimate of drug-likeness (QED) is 0.361. The Morgan fingerprint density at radius 3 is 2.50 bits per heavy atom. The molecule has 0 aromatic heterocycles. The molecular formula is C6H11O9P. The number of carbonyl (C=O) groups is 1. The molecule has 0 bridgehead atoms. The van der Waals surface area contributed by atoms with E-state index in [4.69, 9.17) is 14.9 Å². The first-order chi connectivity index (χ1) is 7.14. The second kappa shape index (κ2) is 4.38.